The number of aromatic amines is 1. The van der Waals surface area contributed by atoms with Crippen molar-refractivity contribution in [2.24, 2.45) is 0 Å². The van der Waals surface area contributed by atoms with Crippen LogP contribution in [-0.2, 0) is 13.1 Å². The first-order valence-corrected chi connectivity index (χ1v) is 9.20. The number of halogens is 4. The molecule has 6 nitrogen and oxygen atoms in total. The number of benzene rings is 1. The van der Waals surface area contributed by atoms with Gasteiger partial charge in [-0.25, -0.2) is 23.1 Å². The Hall–Kier alpha value is -2.39. The lowest BCUT2D eigenvalue weighted by Gasteiger charge is -2.38. The number of likely N-dealkylation sites (tertiary alicyclic amines) is 1. The summed E-state index contributed by atoms with van der Waals surface area (Å²) in [5, 5.41) is 10.1. The lowest BCUT2D eigenvalue weighted by molar-refractivity contribution is -0.0734. The van der Waals surface area contributed by atoms with E-state index in [4.69, 9.17) is 0 Å². The normalized spacial score (nSPS) is 19.1. The molecule has 0 bridgehead atoms. The fourth-order valence-electron chi connectivity index (χ4n) is 3.51. The molecule has 29 heavy (non-hydrogen) atoms. The van der Waals surface area contributed by atoms with Crippen LogP contribution in [-0.4, -0.2) is 56.7 Å². The van der Waals surface area contributed by atoms with Gasteiger partial charge in [0.05, 0.1) is 24.2 Å². The van der Waals surface area contributed by atoms with E-state index in [1.54, 1.807) is 17.0 Å². The third kappa shape index (κ3) is 4.79. The molecule has 0 spiro atoms. The summed E-state index contributed by atoms with van der Waals surface area (Å²) in [4.78, 5) is 9.89. The zero-order chi connectivity index (χ0) is 19.6. The van der Waals surface area contributed by atoms with Crippen LogP contribution in [0.1, 0.15) is 17.5 Å². The third-order valence-corrected chi connectivity index (χ3v) is 5.13. The number of nitrogens with zero attached hydrogens (tertiary/aromatic N) is 4. The summed E-state index contributed by atoms with van der Waals surface area (Å²) in [7, 11) is 0. The molecule has 0 amide bonds. The largest absolute Gasteiger partial charge is 0.360 e. The lowest BCUT2D eigenvalue weighted by atomic mass is 9.99. The van der Waals surface area contributed by atoms with Gasteiger partial charge in [-0.2, -0.15) is 5.10 Å². The summed E-state index contributed by atoms with van der Waals surface area (Å²) >= 11 is 0. The van der Waals surface area contributed by atoms with Gasteiger partial charge in [-0.15, -0.1) is 12.4 Å². The zero-order valence-corrected chi connectivity index (χ0v) is 16.4. The van der Waals surface area contributed by atoms with E-state index in [1.165, 1.54) is 12.5 Å². The fraction of sp³-hybridized carbons (Fsp3) is 0.421. The number of H-pyrrole nitrogens is 1. The van der Waals surface area contributed by atoms with Crippen molar-refractivity contribution in [3.63, 3.8) is 0 Å². The van der Waals surface area contributed by atoms with Crippen molar-refractivity contribution in [2.75, 3.05) is 25.0 Å². The minimum Gasteiger partial charge on any atom is -0.360 e. The summed E-state index contributed by atoms with van der Waals surface area (Å²) in [5.74, 6) is -2.53. The van der Waals surface area contributed by atoms with Gasteiger partial charge in [0, 0.05) is 13.1 Å². The molecule has 10 heteroatoms. The molecule has 1 saturated heterocycles. The van der Waals surface area contributed by atoms with E-state index < -0.39 is 18.6 Å². The van der Waals surface area contributed by atoms with Gasteiger partial charge in [-0.05, 0) is 24.0 Å². The number of fused-ring (bicyclic) bond motifs is 1. The van der Waals surface area contributed by atoms with Crippen molar-refractivity contribution in [2.45, 2.75) is 31.5 Å². The second-order valence-electron chi connectivity index (χ2n) is 7.08. The van der Waals surface area contributed by atoms with Crippen LogP contribution in [0.2, 0.25) is 0 Å². The van der Waals surface area contributed by atoms with Crippen LogP contribution in [0.25, 0.3) is 11.0 Å². The highest BCUT2D eigenvalue weighted by Gasteiger charge is 2.44. The zero-order valence-electron chi connectivity index (χ0n) is 15.6. The minimum atomic E-state index is -2.89. The molecule has 1 atom stereocenters. The number of anilines is 1. The Bertz CT molecular complexity index is 933. The smallest absolute Gasteiger partial charge is 0.280 e. The van der Waals surface area contributed by atoms with Crippen molar-refractivity contribution in [3.05, 3.63) is 47.9 Å². The number of hydrogen-bond acceptors (Lipinski definition) is 5. The van der Waals surface area contributed by atoms with Gasteiger partial charge in [-0.1, -0.05) is 24.3 Å². The molecule has 3 aromatic rings. The molecule has 1 aliphatic heterocycles. The summed E-state index contributed by atoms with van der Waals surface area (Å²) < 4.78 is 42.1. The first-order valence-electron chi connectivity index (χ1n) is 9.20. The predicted molar refractivity (Wildman–Crippen MR) is 107 cm³/mol. The highest BCUT2D eigenvalue weighted by Crippen LogP contribution is 2.31. The highest BCUT2D eigenvalue weighted by atomic mass is 35.5. The Morgan fingerprint density at radius 3 is 2.66 bits per heavy atom. The number of aromatic nitrogens is 4. The van der Waals surface area contributed by atoms with Gasteiger partial charge < -0.3 is 5.32 Å². The average molecular weight is 427 g/mol. The van der Waals surface area contributed by atoms with Crippen molar-refractivity contribution in [1.29, 1.82) is 0 Å². The summed E-state index contributed by atoms with van der Waals surface area (Å²) in [6, 6.07) is 6.18. The van der Waals surface area contributed by atoms with Crippen molar-refractivity contribution >= 4 is 29.3 Å². The Balaban J connectivity index is 0.00000240. The molecular weight excluding hydrogens is 405 g/mol. The van der Waals surface area contributed by atoms with Gasteiger partial charge >= 0.3 is 0 Å². The average Bonchev–Trinajstić information content (AvgIpc) is 3.18. The van der Waals surface area contributed by atoms with E-state index in [2.05, 4.69) is 25.5 Å². The maximum absolute atomic E-state index is 14.7. The van der Waals surface area contributed by atoms with Crippen molar-refractivity contribution in [1.82, 2.24) is 25.1 Å². The maximum atomic E-state index is 14.7. The van der Waals surface area contributed by atoms with E-state index in [0.717, 1.165) is 5.56 Å². The van der Waals surface area contributed by atoms with Crippen molar-refractivity contribution in [3.8, 4) is 0 Å². The third-order valence-electron chi connectivity index (χ3n) is 5.13. The standard InChI is InChI=1S/C19H21F3N6.ClH/c20-9-14-3-1-13(2-4-14)5-7-28-8-6-16(19(21,22)11-28)26-17-15-10-25-27-18(15)24-12-23-17;/h1-4,10,12,16H,5-9,11H2,(H2,23,24,25,26,27);1H. The summed E-state index contributed by atoms with van der Waals surface area (Å²) in [6.45, 7) is 0.295. The predicted octanol–water partition coefficient (Wildman–Crippen LogP) is 3.61. The monoisotopic (exact) mass is 426 g/mol. The molecule has 0 radical (unpaired) electrons. The van der Waals surface area contributed by atoms with Gasteiger partial charge in [0.25, 0.3) is 5.92 Å². The molecule has 1 aromatic carbocycles. The Kier molecular flexibility index (Phi) is 6.59. The first kappa shape index (κ1) is 21.3. The molecule has 2 aromatic heterocycles. The molecule has 0 saturated carbocycles. The van der Waals surface area contributed by atoms with Crippen LogP contribution in [0.3, 0.4) is 0 Å². The van der Waals surface area contributed by atoms with E-state index >= 15 is 0 Å². The minimum absolute atomic E-state index is 0. The molecular formula is C19H22ClF3N6. The number of nitrogens with one attached hydrogen (secondary N) is 2. The molecule has 3 heterocycles. The van der Waals surface area contributed by atoms with Crippen molar-refractivity contribution < 1.29 is 13.2 Å². The maximum Gasteiger partial charge on any atom is 0.280 e. The molecule has 1 fully saturated rings. The van der Waals surface area contributed by atoms with Gasteiger partial charge in [-0.3, -0.25) is 10.00 Å². The molecule has 1 unspecified atom stereocenters. The number of piperidine rings is 1. The van der Waals surface area contributed by atoms with Gasteiger partial charge in [0.1, 0.15) is 18.8 Å². The van der Waals surface area contributed by atoms with Gasteiger partial charge in [0.2, 0.25) is 0 Å². The summed E-state index contributed by atoms with van der Waals surface area (Å²) in [6.07, 6.45) is 3.81. The number of rotatable bonds is 6. The number of alkyl halides is 3. The van der Waals surface area contributed by atoms with Crippen LogP contribution in [0.4, 0.5) is 19.0 Å². The Morgan fingerprint density at radius 2 is 1.93 bits per heavy atom. The number of hydrogen-bond donors (Lipinski definition) is 2. The first-order chi connectivity index (χ1) is 13.5. The topological polar surface area (TPSA) is 69.7 Å². The highest BCUT2D eigenvalue weighted by molar-refractivity contribution is 5.86. The van der Waals surface area contributed by atoms with Crippen LogP contribution in [0.15, 0.2) is 36.8 Å². The van der Waals surface area contributed by atoms with E-state index in [1.807, 2.05) is 12.1 Å². The molecule has 156 valence electrons. The van der Waals surface area contributed by atoms with Crippen LogP contribution < -0.4 is 5.32 Å². The van der Waals surface area contributed by atoms with Crippen LogP contribution in [0.5, 0.6) is 0 Å². The quantitative estimate of drug-likeness (QED) is 0.630. The van der Waals surface area contributed by atoms with E-state index in [-0.39, 0.29) is 19.0 Å². The molecule has 0 aliphatic carbocycles. The Morgan fingerprint density at radius 1 is 1.17 bits per heavy atom. The van der Waals surface area contributed by atoms with Gasteiger partial charge in [0.15, 0.2) is 5.65 Å². The van der Waals surface area contributed by atoms with E-state index in [0.29, 0.717) is 48.3 Å². The fourth-order valence-corrected chi connectivity index (χ4v) is 3.51. The van der Waals surface area contributed by atoms with E-state index in [9.17, 15) is 13.2 Å². The lowest BCUT2D eigenvalue weighted by Crippen LogP contribution is -2.54. The van der Waals surface area contributed by atoms with Crippen LogP contribution >= 0.6 is 12.4 Å². The Labute approximate surface area is 172 Å². The summed E-state index contributed by atoms with van der Waals surface area (Å²) in [5.41, 5.74) is 2.15. The SMILES string of the molecule is Cl.FCc1ccc(CCN2CCC(Nc3ncnc4[nH]ncc34)C(F)(F)C2)cc1. The molecule has 4 rings (SSSR count). The molecule has 1 aliphatic rings. The second kappa shape index (κ2) is 8.96. The van der Waals surface area contributed by atoms with Crippen LogP contribution in [0, 0.1) is 0 Å². The molecule has 2 N–H and O–H groups in total. The second-order valence-corrected chi connectivity index (χ2v) is 7.08.